The smallest absolute Gasteiger partial charge is 0.100 e. The van der Waals surface area contributed by atoms with Crippen molar-refractivity contribution in [3.05, 3.63) is 59.7 Å². The molecule has 2 rings (SSSR count). The molecule has 0 spiro atoms. The van der Waals surface area contributed by atoms with Crippen LogP contribution in [0, 0.1) is 11.3 Å². The molecular formula is C15H14N2S. The van der Waals surface area contributed by atoms with Crippen LogP contribution in [0.3, 0.4) is 0 Å². The lowest BCUT2D eigenvalue weighted by Gasteiger charge is -2.06. The number of hydrogen-bond donors (Lipinski definition) is 1. The van der Waals surface area contributed by atoms with Crippen LogP contribution in [0.1, 0.15) is 11.1 Å². The zero-order valence-corrected chi connectivity index (χ0v) is 11.0. The van der Waals surface area contributed by atoms with E-state index in [9.17, 15) is 5.26 Å². The Kier molecular flexibility index (Phi) is 4.40. The standard InChI is InChI=1S/C15H14N2S/c1-17-11-12-7-8-15(13(9-12)10-16)18-14-5-3-2-4-6-14/h2-9,17H,11H2,1H3. The first-order valence-electron chi connectivity index (χ1n) is 5.74. The molecule has 0 radical (unpaired) electrons. The number of rotatable bonds is 4. The molecule has 0 saturated heterocycles. The van der Waals surface area contributed by atoms with Gasteiger partial charge in [0.25, 0.3) is 0 Å². The fourth-order valence-electron chi connectivity index (χ4n) is 1.68. The fourth-order valence-corrected chi connectivity index (χ4v) is 2.58. The zero-order valence-electron chi connectivity index (χ0n) is 10.2. The largest absolute Gasteiger partial charge is 0.316 e. The number of nitriles is 1. The van der Waals surface area contributed by atoms with Crippen molar-refractivity contribution >= 4 is 11.8 Å². The first-order chi connectivity index (χ1) is 8.83. The second-order valence-corrected chi connectivity index (χ2v) is 5.00. The van der Waals surface area contributed by atoms with E-state index >= 15 is 0 Å². The number of hydrogen-bond acceptors (Lipinski definition) is 3. The second kappa shape index (κ2) is 6.25. The Morgan fingerprint density at radius 1 is 1.17 bits per heavy atom. The molecule has 0 saturated carbocycles. The second-order valence-electron chi connectivity index (χ2n) is 3.89. The summed E-state index contributed by atoms with van der Waals surface area (Å²) in [6, 6.07) is 18.4. The van der Waals surface area contributed by atoms with Gasteiger partial charge in [0.05, 0.1) is 5.56 Å². The summed E-state index contributed by atoms with van der Waals surface area (Å²) < 4.78 is 0. The molecule has 18 heavy (non-hydrogen) atoms. The summed E-state index contributed by atoms with van der Waals surface area (Å²) in [7, 11) is 1.90. The van der Waals surface area contributed by atoms with Crippen LogP contribution in [0.15, 0.2) is 58.3 Å². The van der Waals surface area contributed by atoms with E-state index in [-0.39, 0.29) is 0 Å². The summed E-state index contributed by atoms with van der Waals surface area (Å²) in [4.78, 5) is 2.15. The molecule has 0 aromatic heterocycles. The van der Waals surface area contributed by atoms with E-state index in [0.717, 1.165) is 27.5 Å². The molecule has 0 heterocycles. The first-order valence-corrected chi connectivity index (χ1v) is 6.55. The van der Waals surface area contributed by atoms with Gasteiger partial charge in [-0.25, -0.2) is 0 Å². The van der Waals surface area contributed by atoms with Crippen LogP contribution in [0.25, 0.3) is 0 Å². The van der Waals surface area contributed by atoms with Gasteiger partial charge in [-0.2, -0.15) is 5.26 Å². The zero-order chi connectivity index (χ0) is 12.8. The Morgan fingerprint density at radius 2 is 1.94 bits per heavy atom. The average molecular weight is 254 g/mol. The summed E-state index contributed by atoms with van der Waals surface area (Å²) in [6.07, 6.45) is 0. The van der Waals surface area contributed by atoms with Crippen molar-refractivity contribution in [2.45, 2.75) is 16.3 Å². The van der Waals surface area contributed by atoms with Gasteiger partial charge in [-0.05, 0) is 36.9 Å². The number of nitrogens with zero attached hydrogens (tertiary/aromatic N) is 1. The number of benzene rings is 2. The molecule has 3 heteroatoms. The molecule has 0 amide bonds. The Hall–Kier alpha value is -1.76. The molecule has 2 aromatic rings. The average Bonchev–Trinajstić information content (AvgIpc) is 2.42. The lowest BCUT2D eigenvalue weighted by atomic mass is 10.1. The maximum absolute atomic E-state index is 9.21. The third-order valence-corrected chi connectivity index (χ3v) is 3.60. The minimum Gasteiger partial charge on any atom is -0.316 e. The predicted octanol–water partition coefficient (Wildman–Crippen LogP) is 3.43. The van der Waals surface area contributed by atoms with Crippen LogP contribution in [0.5, 0.6) is 0 Å². The van der Waals surface area contributed by atoms with E-state index in [1.165, 1.54) is 0 Å². The van der Waals surface area contributed by atoms with Crippen molar-refractivity contribution in [2.75, 3.05) is 7.05 Å². The van der Waals surface area contributed by atoms with Crippen LogP contribution in [0.2, 0.25) is 0 Å². The van der Waals surface area contributed by atoms with E-state index in [0.29, 0.717) is 0 Å². The van der Waals surface area contributed by atoms with Gasteiger partial charge >= 0.3 is 0 Å². The molecule has 1 N–H and O–H groups in total. The molecule has 0 bridgehead atoms. The summed E-state index contributed by atoms with van der Waals surface area (Å²) in [6.45, 7) is 0.783. The van der Waals surface area contributed by atoms with Gasteiger partial charge < -0.3 is 5.32 Å². The minimum atomic E-state index is 0.733. The van der Waals surface area contributed by atoms with E-state index in [2.05, 4.69) is 17.5 Å². The van der Waals surface area contributed by atoms with E-state index in [4.69, 9.17) is 0 Å². The van der Waals surface area contributed by atoms with Crippen molar-refractivity contribution in [2.24, 2.45) is 0 Å². The summed E-state index contributed by atoms with van der Waals surface area (Å²) >= 11 is 1.62. The van der Waals surface area contributed by atoms with E-state index < -0.39 is 0 Å². The van der Waals surface area contributed by atoms with Crippen LogP contribution in [-0.4, -0.2) is 7.05 Å². The van der Waals surface area contributed by atoms with Crippen molar-refractivity contribution in [3.8, 4) is 6.07 Å². The number of nitrogens with one attached hydrogen (secondary N) is 1. The maximum atomic E-state index is 9.21. The van der Waals surface area contributed by atoms with Crippen molar-refractivity contribution in [1.82, 2.24) is 5.32 Å². The molecule has 0 aliphatic carbocycles. The van der Waals surface area contributed by atoms with Crippen molar-refractivity contribution in [1.29, 1.82) is 5.26 Å². The van der Waals surface area contributed by atoms with Gasteiger partial charge in [0, 0.05) is 16.3 Å². The van der Waals surface area contributed by atoms with Gasteiger partial charge in [0.2, 0.25) is 0 Å². The molecule has 2 aromatic carbocycles. The van der Waals surface area contributed by atoms with Crippen molar-refractivity contribution in [3.63, 3.8) is 0 Å². The normalized spacial score (nSPS) is 10.0. The van der Waals surface area contributed by atoms with Gasteiger partial charge in [-0.15, -0.1) is 0 Å². The molecule has 0 aliphatic rings. The molecule has 90 valence electrons. The van der Waals surface area contributed by atoms with Crippen LogP contribution < -0.4 is 5.32 Å². The van der Waals surface area contributed by atoms with Crippen LogP contribution in [0.4, 0.5) is 0 Å². The molecular weight excluding hydrogens is 240 g/mol. The highest BCUT2D eigenvalue weighted by Gasteiger charge is 2.05. The SMILES string of the molecule is CNCc1ccc(Sc2ccccc2)c(C#N)c1. The predicted molar refractivity (Wildman–Crippen MR) is 74.5 cm³/mol. The van der Waals surface area contributed by atoms with E-state index in [1.807, 2.05) is 49.5 Å². The molecule has 0 fully saturated rings. The summed E-state index contributed by atoms with van der Waals surface area (Å²) in [5.74, 6) is 0. The maximum Gasteiger partial charge on any atom is 0.100 e. The molecule has 0 aliphatic heterocycles. The quantitative estimate of drug-likeness (QED) is 0.908. The van der Waals surface area contributed by atoms with Gasteiger partial charge in [0.1, 0.15) is 6.07 Å². The summed E-state index contributed by atoms with van der Waals surface area (Å²) in [5, 5.41) is 12.3. The third kappa shape index (κ3) is 3.13. The monoisotopic (exact) mass is 254 g/mol. The lowest BCUT2D eigenvalue weighted by molar-refractivity contribution is 0.816. The van der Waals surface area contributed by atoms with Gasteiger partial charge in [0.15, 0.2) is 0 Å². The van der Waals surface area contributed by atoms with Crippen LogP contribution in [-0.2, 0) is 6.54 Å². The first kappa shape index (κ1) is 12.7. The molecule has 0 atom stereocenters. The van der Waals surface area contributed by atoms with Crippen molar-refractivity contribution < 1.29 is 0 Å². The highest BCUT2D eigenvalue weighted by Crippen LogP contribution is 2.30. The van der Waals surface area contributed by atoms with Crippen LogP contribution >= 0.6 is 11.8 Å². The fraction of sp³-hybridized carbons (Fsp3) is 0.133. The summed E-state index contributed by atoms with van der Waals surface area (Å²) in [5.41, 5.74) is 1.86. The van der Waals surface area contributed by atoms with E-state index in [1.54, 1.807) is 11.8 Å². The molecule has 2 nitrogen and oxygen atoms in total. The lowest BCUT2D eigenvalue weighted by Crippen LogP contribution is -2.05. The Bertz CT molecular complexity index is 558. The highest BCUT2D eigenvalue weighted by molar-refractivity contribution is 7.99. The minimum absolute atomic E-state index is 0.733. The Labute approximate surface area is 112 Å². The van der Waals surface area contributed by atoms with Gasteiger partial charge in [-0.3, -0.25) is 0 Å². The Morgan fingerprint density at radius 3 is 2.61 bits per heavy atom. The topological polar surface area (TPSA) is 35.8 Å². The molecule has 0 unspecified atom stereocenters. The third-order valence-electron chi connectivity index (χ3n) is 2.52. The highest BCUT2D eigenvalue weighted by atomic mass is 32.2. The van der Waals surface area contributed by atoms with Gasteiger partial charge in [-0.1, -0.05) is 36.0 Å². The Balaban J connectivity index is 2.26.